The molecule has 0 bridgehead atoms. The predicted molar refractivity (Wildman–Crippen MR) is 74.3 cm³/mol. The van der Waals surface area contributed by atoms with Crippen LogP contribution in [0.3, 0.4) is 0 Å². The summed E-state index contributed by atoms with van der Waals surface area (Å²) in [6.07, 6.45) is 7.05. The zero-order valence-corrected chi connectivity index (χ0v) is 11.9. The molecule has 1 saturated carbocycles. The van der Waals surface area contributed by atoms with Crippen LogP contribution < -0.4 is 10.6 Å². The summed E-state index contributed by atoms with van der Waals surface area (Å²) in [4.78, 5) is 12.3. The average Bonchev–Trinajstić information content (AvgIpc) is 2.41. The first-order valence-electron chi connectivity index (χ1n) is 7.71. The lowest BCUT2D eigenvalue weighted by Gasteiger charge is -2.33. The lowest BCUT2D eigenvalue weighted by Crippen LogP contribution is -2.50. The van der Waals surface area contributed by atoms with Crippen molar-refractivity contribution in [3.8, 4) is 0 Å². The quantitative estimate of drug-likeness (QED) is 0.809. The van der Waals surface area contributed by atoms with E-state index < -0.39 is 0 Å². The minimum Gasteiger partial charge on any atom is -0.353 e. The number of piperidine rings is 1. The zero-order valence-electron chi connectivity index (χ0n) is 11.9. The number of hydrogen-bond donors (Lipinski definition) is 2. The van der Waals surface area contributed by atoms with Crippen molar-refractivity contribution in [3.05, 3.63) is 0 Å². The Balaban J connectivity index is 1.77. The van der Waals surface area contributed by atoms with E-state index in [4.69, 9.17) is 0 Å². The molecule has 2 rings (SSSR count). The van der Waals surface area contributed by atoms with Gasteiger partial charge in [-0.25, -0.2) is 0 Å². The van der Waals surface area contributed by atoms with Gasteiger partial charge in [0.25, 0.3) is 0 Å². The number of rotatable bonds is 3. The summed E-state index contributed by atoms with van der Waals surface area (Å²) in [5.41, 5.74) is 0. The van der Waals surface area contributed by atoms with E-state index in [0.717, 1.165) is 38.3 Å². The van der Waals surface area contributed by atoms with Crippen LogP contribution in [0.4, 0.5) is 0 Å². The van der Waals surface area contributed by atoms with Gasteiger partial charge in [0.05, 0.1) is 0 Å². The van der Waals surface area contributed by atoms with Gasteiger partial charge in [0, 0.05) is 12.0 Å². The monoisotopic (exact) mass is 252 g/mol. The third kappa shape index (κ3) is 3.47. The lowest BCUT2D eigenvalue weighted by molar-refractivity contribution is -0.127. The maximum absolute atomic E-state index is 12.3. The molecule has 0 spiro atoms. The number of carbonyl (C=O) groups is 1. The molecule has 1 amide bonds. The van der Waals surface area contributed by atoms with Gasteiger partial charge in [0.2, 0.25) is 5.91 Å². The highest BCUT2D eigenvalue weighted by Gasteiger charge is 2.29. The van der Waals surface area contributed by atoms with E-state index in [-0.39, 0.29) is 5.92 Å². The van der Waals surface area contributed by atoms with Crippen molar-refractivity contribution in [2.24, 2.45) is 17.8 Å². The molecule has 2 aliphatic rings. The second kappa shape index (κ2) is 6.55. The van der Waals surface area contributed by atoms with E-state index in [2.05, 4.69) is 24.5 Å². The summed E-state index contributed by atoms with van der Waals surface area (Å²) in [6.45, 7) is 6.57. The van der Waals surface area contributed by atoms with Gasteiger partial charge >= 0.3 is 0 Å². The molecule has 1 heterocycles. The Labute approximate surface area is 111 Å². The van der Waals surface area contributed by atoms with Crippen molar-refractivity contribution in [2.45, 2.75) is 58.4 Å². The van der Waals surface area contributed by atoms with Crippen molar-refractivity contribution >= 4 is 5.91 Å². The molecule has 2 fully saturated rings. The molecule has 2 N–H and O–H groups in total. The molecule has 2 atom stereocenters. The molecular weight excluding hydrogens is 224 g/mol. The Morgan fingerprint density at radius 3 is 2.56 bits per heavy atom. The molecule has 0 aromatic carbocycles. The Morgan fingerprint density at radius 1 is 1.22 bits per heavy atom. The molecule has 1 aliphatic carbocycles. The second-order valence-corrected chi connectivity index (χ2v) is 6.21. The van der Waals surface area contributed by atoms with Crippen molar-refractivity contribution in [3.63, 3.8) is 0 Å². The van der Waals surface area contributed by atoms with E-state index in [1.807, 2.05) is 0 Å². The third-order valence-corrected chi connectivity index (χ3v) is 4.91. The third-order valence-electron chi connectivity index (χ3n) is 4.91. The van der Waals surface area contributed by atoms with Crippen molar-refractivity contribution in [1.82, 2.24) is 10.6 Å². The molecular formula is C15H28N2O. The fourth-order valence-corrected chi connectivity index (χ4v) is 3.36. The van der Waals surface area contributed by atoms with Gasteiger partial charge in [-0.3, -0.25) is 4.79 Å². The van der Waals surface area contributed by atoms with Crippen LogP contribution in [0.5, 0.6) is 0 Å². The first-order valence-corrected chi connectivity index (χ1v) is 7.71. The van der Waals surface area contributed by atoms with E-state index >= 15 is 0 Å². The molecule has 0 aromatic heterocycles. The summed E-state index contributed by atoms with van der Waals surface area (Å²) in [5, 5.41) is 6.67. The molecule has 2 unspecified atom stereocenters. The molecule has 0 aromatic rings. The highest BCUT2D eigenvalue weighted by Crippen LogP contribution is 2.30. The van der Waals surface area contributed by atoms with Gasteiger partial charge < -0.3 is 10.6 Å². The van der Waals surface area contributed by atoms with Crippen molar-refractivity contribution < 1.29 is 4.79 Å². The molecule has 3 heteroatoms. The molecule has 0 radical (unpaired) electrons. The minimum absolute atomic E-state index is 0.287. The van der Waals surface area contributed by atoms with Crippen LogP contribution in [-0.4, -0.2) is 25.0 Å². The SMILES string of the molecule is CCC1CCC(C(=O)NC2CCNCC2C)CC1. The van der Waals surface area contributed by atoms with E-state index in [1.54, 1.807) is 0 Å². The summed E-state index contributed by atoms with van der Waals surface area (Å²) < 4.78 is 0. The Hall–Kier alpha value is -0.570. The number of amides is 1. The van der Waals surface area contributed by atoms with Crippen LogP contribution in [0, 0.1) is 17.8 Å². The van der Waals surface area contributed by atoms with Gasteiger partial charge in [0.1, 0.15) is 0 Å². The number of nitrogens with one attached hydrogen (secondary N) is 2. The zero-order chi connectivity index (χ0) is 13.0. The first-order chi connectivity index (χ1) is 8.70. The van der Waals surface area contributed by atoms with Gasteiger partial charge in [-0.05, 0) is 57.0 Å². The largest absolute Gasteiger partial charge is 0.353 e. The van der Waals surface area contributed by atoms with Crippen LogP contribution in [-0.2, 0) is 4.79 Å². The average molecular weight is 252 g/mol. The highest BCUT2D eigenvalue weighted by molar-refractivity contribution is 5.79. The number of hydrogen-bond acceptors (Lipinski definition) is 2. The van der Waals surface area contributed by atoms with E-state index in [1.165, 1.54) is 19.3 Å². The predicted octanol–water partition coefficient (Wildman–Crippen LogP) is 2.32. The Bertz CT molecular complexity index is 272. The summed E-state index contributed by atoms with van der Waals surface area (Å²) in [6, 6.07) is 0.391. The molecule has 18 heavy (non-hydrogen) atoms. The summed E-state index contributed by atoms with van der Waals surface area (Å²) in [5.74, 6) is 2.04. The summed E-state index contributed by atoms with van der Waals surface area (Å²) >= 11 is 0. The van der Waals surface area contributed by atoms with Crippen LogP contribution in [0.25, 0.3) is 0 Å². The van der Waals surface area contributed by atoms with Crippen LogP contribution in [0.2, 0.25) is 0 Å². The maximum atomic E-state index is 12.3. The standard InChI is InChI=1S/C15H28N2O/c1-3-12-4-6-13(7-5-12)15(18)17-14-8-9-16-10-11(14)2/h11-14,16H,3-10H2,1-2H3,(H,17,18). The maximum Gasteiger partial charge on any atom is 0.223 e. The van der Waals surface area contributed by atoms with Crippen LogP contribution >= 0.6 is 0 Å². The van der Waals surface area contributed by atoms with Gasteiger partial charge in [-0.2, -0.15) is 0 Å². The van der Waals surface area contributed by atoms with Crippen LogP contribution in [0.1, 0.15) is 52.4 Å². The molecule has 3 nitrogen and oxygen atoms in total. The van der Waals surface area contributed by atoms with Crippen LogP contribution in [0.15, 0.2) is 0 Å². The lowest BCUT2D eigenvalue weighted by atomic mass is 9.80. The Morgan fingerprint density at radius 2 is 1.94 bits per heavy atom. The first kappa shape index (κ1) is 13.9. The van der Waals surface area contributed by atoms with Gasteiger partial charge in [-0.15, -0.1) is 0 Å². The molecule has 1 saturated heterocycles. The normalized spacial score (nSPS) is 37.2. The summed E-state index contributed by atoms with van der Waals surface area (Å²) in [7, 11) is 0. The highest BCUT2D eigenvalue weighted by atomic mass is 16.1. The fraction of sp³-hybridized carbons (Fsp3) is 0.933. The number of carbonyl (C=O) groups excluding carboxylic acids is 1. The fourth-order valence-electron chi connectivity index (χ4n) is 3.36. The minimum atomic E-state index is 0.287. The smallest absolute Gasteiger partial charge is 0.223 e. The second-order valence-electron chi connectivity index (χ2n) is 6.21. The topological polar surface area (TPSA) is 41.1 Å². The van der Waals surface area contributed by atoms with Gasteiger partial charge in [0.15, 0.2) is 0 Å². The van der Waals surface area contributed by atoms with E-state index in [9.17, 15) is 4.79 Å². The van der Waals surface area contributed by atoms with Gasteiger partial charge in [-0.1, -0.05) is 20.3 Å². The Kier molecular flexibility index (Phi) is 5.04. The van der Waals surface area contributed by atoms with Crippen molar-refractivity contribution in [2.75, 3.05) is 13.1 Å². The molecule has 1 aliphatic heterocycles. The van der Waals surface area contributed by atoms with E-state index in [0.29, 0.717) is 17.9 Å². The van der Waals surface area contributed by atoms with Crippen molar-refractivity contribution in [1.29, 1.82) is 0 Å². The molecule has 104 valence electrons.